The molecule has 1 aromatic carbocycles. The maximum atomic E-state index is 11.8. The fourth-order valence-electron chi connectivity index (χ4n) is 3.79. The lowest BCUT2D eigenvalue weighted by Crippen LogP contribution is -2.37. The highest BCUT2D eigenvalue weighted by molar-refractivity contribution is 5.93. The number of hydrogen-bond acceptors (Lipinski definition) is 10. The van der Waals surface area contributed by atoms with E-state index in [1.807, 2.05) is 30.3 Å². The van der Waals surface area contributed by atoms with Gasteiger partial charge in [0.25, 0.3) is 0 Å². The number of carbonyl (C=O) groups excluding carboxylic acids is 1. The third kappa shape index (κ3) is 4.83. The Bertz CT molecular complexity index is 1430. The van der Waals surface area contributed by atoms with Crippen LogP contribution in [0, 0.1) is 11.3 Å². The molecular formula is C24H21N9O2. The molecule has 0 aliphatic carbocycles. The van der Waals surface area contributed by atoms with Crippen molar-refractivity contribution in [3.63, 3.8) is 0 Å². The van der Waals surface area contributed by atoms with Crippen LogP contribution in [0.25, 0.3) is 33.5 Å². The molecule has 11 nitrogen and oxygen atoms in total. The summed E-state index contributed by atoms with van der Waals surface area (Å²) in [5.74, 6) is 0.998. The molecule has 0 bridgehead atoms. The zero-order valence-corrected chi connectivity index (χ0v) is 18.7. The van der Waals surface area contributed by atoms with E-state index in [0.29, 0.717) is 60.2 Å². The standard InChI is InChI=1S/C24H21N9O2/c25-5-4-20(34)30-18-3-1-2-15(10-18)16-11-19-21(27-12-16)23(33-6-8-35-9-7-33)32-22(31-19)17-13-28-24(26)29-14-17/h1-3,10-14H,4,6-9H2,(H,30,34)(H2,26,28,29). The highest BCUT2D eigenvalue weighted by Crippen LogP contribution is 2.30. The van der Waals surface area contributed by atoms with Gasteiger partial charge in [-0.05, 0) is 23.8 Å². The average Bonchev–Trinajstić information content (AvgIpc) is 2.89. The molecule has 4 heterocycles. The van der Waals surface area contributed by atoms with Gasteiger partial charge >= 0.3 is 0 Å². The van der Waals surface area contributed by atoms with Crippen molar-refractivity contribution in [3.8, 4) is 28.6 Å². The fourth-order valence-corrected chi connectivity index (χ4v) is 3.79. The second-order valence-corrected chi connectivity index (χ2v) is 7.86. The molecule has 5 rings (SSSR count). The average molecular weight is 467 g/mol. The number of nitrogens with zero attached hydrogens (tertiary/aromatic N) is 7. The number of rotatable bonds is 5. The fraction of sp³-hybridized carbons (Fsp3) is 0.208. The Morgan fingerprint density at radius 2 is 1.83 bits per heavy atom. The summed E-state index contributed by atoms with van der Waals surface area (Å²) in [6.07, 6.45) is 4.74. The van der Waals surface area contributed by atoms with Gasteiger partial charge in [-0.1, -0.05) is 12.1 Å². The van der Waals surface area contributed by atoms with Crippen LogP contribution in [0.5, 0.6) is 0 Å². The number of nitriles is 1. The van der Waals surface area contributed by atoms with Gasteiger partial charge in [-0.25, -0.2) is 19.9 Å². The monoisotopic (exact) mass is 467 g/mol. The van der Waals surface area contributed by atoms with Crippen LogP contribution >= 0.6 is 0 Å². The van der Waals surface area contributed by atoms with E-state index in [4.69, 9.17) is 30.7 Å². The van der Waals surface area contributed by atoms with Crippen LogP contribution in [0.1, 0.15) is 6.42 Å². The van der Waals surface area contributed by atoms with Gasteiger partial charge < -0.3 is 20.7 Å². The van der Waals surface area contributed by atoms with Crippen LogP contribution in [0.3, 0.4) is 0 Å². The number of benzene rings is 1. The number of pyridine rings is 1. The Labute approximate surface area is 200 Å². The summed E-state index contributed by atoms with van der Waals surface area (Å²) >= 11 is 0. The first-order valence-corrected chi connectivity index (χ1v) is 11.0. The third-order valence-electron chi connectivity index (χ3n) is 5.48. The molecular weight excluding hydrogens is 446 g/mol. The van der Waals surface area contributed by atoms with Crippen LogP contribution in [0.15, 0.2) is 48.9 Å². The molecule has 35 heavy (non-hydrogen) atoms. The van der Waals surface area contributed by atoms with Crippen LogP contribution in [0.2, 0.25) is 0 Å². The topological polar surface area (TPSA) is 156 Å². The third-order valence-corrected chi connectivity index (χ3v) is 5.48. The molecule has 0 atom stereocenters. The molecule has 1 fully saturated rings. The Hall–Kier alpha value is -4.69. The number of nitrogen functional groups attached to an aromatic ring is 1. The molecule has 0 unspecified atom stereocenters. The number of hydrogen-bond donors (Lipinski definition) is 2. The number of anilines is 3. The highest BCUT2D eigenvalue weighted by Gasteiger charge is 2.20. The van der Waals surface area contributed by atoms with E-state index in [1.165, 1.54) is 0 Å². The van der Waals surface area contributed by atoms with Gasteiger partial charge in [-0.2, -0.15) is 5.26 Å². The van der Waals surface area contributed by atoms with Crippen molar-refractivity contribution in [3.05, 3.63) is 48.9 Å². The van der Waals surface area contributed by atoms with E-state index in [2.05, 4.69) is 20.2 Å². The first-order valence-electron chi connectivity index (χ1n) is 11.0. The number of fused-ring (bicyclic) bond motifs is 1. The predicted molar refractivity (Wildman–Crippen MR) is 130 cm³/mol. The summed E-state index contributed by atoms with van der Waals surface area (Å²) in [4.78, 5) is 36.4. The highest BCUT2D eigenvalue weighted by atomic mass is 16.5. The Morgan fingerprint density at radius 3 is 2.60 bits per heavy atom. The smallest absolute Gasteiger partial charge is 0.238 e. The van der Waals surface area contributed by atoms with Gasteiger partial charge in [-0.15, -0.1) is 0 Å². The molecule has 3 aromatic heterocycles. The number of morpholine rings is 1. The lowest BCUT2D eigenvalue weighted by atomic mass is 10.1. The van der Waals surface area contributed by atoms with Crippen LogP contribution in [-0.2, 0) is 9.53 Å². The van der Waals surface area contributed by atoms with E-state index in [1.54, 1.807) is 24.7 Å². The van der Waals surface area contributed by atoms with Crippen LogP contribution in [-0.4, -0.2) is 57.1 Å². The first-order chi connectivity index (χ1) is 17.1. The zero-order valence-electron chi connectivity index (χ0n) is 18.7. The summed E-state index contributed by atoms with van der Waals surface area (Å²) in [7, 11) is 0. The Kier molecular flexibility index (Phi) is 6.11. The summed E-state index contributed by atoms with van der Waals surface area (Å²) in [5, 5.41) is 11.5. The minimum atomic E-state index is -0.362. The maximum Gasteiger partial charge on any atom is 0.238 e. The van der Waals surface area contributed by atoms with Gasteiger partial charge in [-0.3, -0.25) is 9.78 Å². The van der Waals surface area contributed by atoms with Gasteiger partial charge in [0.15, 0.2) is 11.6 Å². The summed E-state index contributed by atoms with van der Waals surface area (Å²) in [6.45, 7) is 2.59. The van der Waals surface area contributed by atoms with Crippen molar-refractivity contribution in [1.82, 2.24) is 24.9 Å². The summed E-state index contributed by atoms with van der Waals surface area (Å²) in [6, 6.07) is 11.1. The van der Waals surface area contributed by atoms with Crippen molar-refractivity contribution in [2.24, 2.45) is 0 Å². The van der Waals surface area contributed by atoms with Crippen LogP contribution < -0.4 is 16.0 Å². The Balaban J connectivity index is 1.59. The van der Waals surface area contributed by atoms with Crippen molar-refractivity contribution >= 4 is 34.4 Å². The molecule has 1 saturated heterocycles. The number of aromatic nitrogens is 5. The van der Waals surface area contributed by atoms with Crippen molar-refractivity contribution in [2.75, 3.05) is 42.3 Å². The molecule has 1 aliphatic rings. The quantitative estimate of drug-likeness (QED) is 0.447. The second-order valence-electron chi connectivity index (χ2n) is 7.86. The molecule has 0 radical (unpaired) electrons. The van der Waals surface area contributed by atoms with Gasteiger partial charge in [0.2, 0.25) is 11.9 Å². The molecule has 11 heteroatoms. The second kappa shape index (κ2) is 9.66. The molecule has 0 spiro atoms. The number of ether oxygens (including phenoxy) is 1. The normalized spacial score (nSPS) is 13.4. The van der Waals surface area contributed by atoms with Gasteiger partial charge in [0.05, 0.1) is 30.4 Å². The molecule has 174 valence electrons. The maximum absolute atomic E-state index is 11.8. The number of amides is 1. The summed E-state index contributed by atoms with van der Waals surface area (Å²) < 4.78 is 5.51. The molecule has 1 amide bonds. The summed E-state index contributed by atoms with van der Waals surface area (Å²) in [5.41, 5.74) is 9.88. The van der Waals surface area contributed by atoms with Crippen molar-refractivity contribution in [1.29, 1.82) is 5.26 Å². The van der Waals surface area contributed by atoms with Crippen molar-refractivity contribution in [2.45, 2.75) is 6.42 Å². The van der Waals surface area contributed by atoms with E-state index < -0.39 is 0 Å². The zero-order chi connectivity index (χ0) is 24.2. The van der Waals surface area contributed by atoms with E-state index >= 15 is 0 Å². The largest absolute Gasteiger partial charge is 0.378 e. The molecule has 0 saturated carbocycles. The lowest BCUT2D eigenvalue weighted by Gasteiger charge is -2.28. The molecule has 1 aliphatic heterocycles. The predicted octanol–water partition coefficient (Wildman–Crippen LogP) is 2.42. The van der Waals surface area contributed by atoms with Gasteiger partial charge in [0.1, 0.15) is 11.9 Å². The number of nitrogens with one attached hydrogen (secondary N) is 1. The number of nitrogens with two attached hydrogens (primary N) is 1. The Morgan fingerprint density at radius 1 is 1.06 bits per heavy atom. The molecule has 3 N–H and O–H groups in total. The first kappa shape index (κ1) is 22.1. The van der Waals surface area contributed by atoms with E-state index in [-0.39, 0.29) is 18.3 Å². The van der Waals surface area contributed by atoms with E-state index in [9.17, 15) is 4.79 Å². The number of carbonyl (C=O) groups is 1. The van der Waals surface area contributed by atoms with E-state index in [0.717, 1.165) is 11.1 Å². The molecule has 4 aromatic rings. The van der Waals surface area contributed by atoms with Crippen LogP contribution in [0.4, 0.5) is 17.5 Å². The van der Waals surface area contributed by atoms with Crippen molar-refractivity contribution < 1.29 is 9.53 Å². The van der Waals surface area contributed by atoms with Gasteiger partial charge in [0, 0.05) is 42.9 Å². The minimum Gasteiger partial charge on any atom is -0.378 e. The SMILES string of the molecule is N#CCC(=O)Nc1cccc(-c2cnc3c(N4CCOCC4)nc(-c4cnc(N)nc4)nc3c2)c1. The lowest BCUT2D eigenvalue weighted by molar-refractivity contribution is -0.115. The minimum absolute atomic E-state index is 0.175.